The van der Waals surface area contributed by atoms with E-state index in [1.807, 2.05) is 121 Å². The van der Waals surface area contributed by atoms with Crippen LogP contribution in [-0.2, 0) is 6.54 Å². The van der Waals surface area contributed by atoms with Crippen LogP contribution in [-0.4, -0.2) is 148 Å². The number of nitriles is 1. The van der Waals surface area contributed by atoms with Crippen molar-refractivity contribution in [1.29, 1.82) is 5.26 Å². The van der Waals surface area contributed by atoms with Crippen LogP contribution in [0.2, 0.25) is 0 Å². The summed E-state index contributed by atoms with van der Waals surface area (Å²) in [7, 11) is 3.78. The summed E-state index contributed by atoms with van der Waals surface area (Å²) in [5, 5.41) is 77.8. The lowest BCUT2D eigenvalue weighted by Crippen LogP contribution is -2.34. The molecule has 12 atom stereocenters. The van der Waals surface area contributed by atoms with Gasteiger partial charge in [-0.05, 0) is 113 Å². The van der Waals surface area contributed by atoms with Crippen molar-refractivity contribution in [3.8, 4) is 23.3 Å². The summed E-state index contributed by atoms with van der Waals surface area (Å²) in [5.41, 5.74) is 6.17. The molecular formula is C62H64FN11O9. The predicted molar refractivity (Wildman–Crippen MR) is 306 cm³/mol. The molecule has 3 aliphatic carbocycles. The minimum Gasteiger partial charge on any atom is -0.487 e. The van der Waals surface area contributed by atoms with E-state index in [4.69, 9.17) is 14.2 Å². The number of hydrogen-bond acceptors (Lipinski definition) is 17. The first-order chi connectivity index (χ1) is 40.1. The highest BCUT2D eigenvalue weighted by atomic mass is 19.1. The Morgan fingerprint density at radius 1 is 0.554 bits per heavy atom. The van der Waals surface area contributed by atoms with Gasteiger partial charge in [-0.3, -0.25) is 4.98 Å². The maximum absolute atomic E-state index is 13.7. The highest BCUT2D eigenvalue weighted by Crippen LogP contribution is 2.40. The first-order valence-electron chi connectivity index (χ1n) is 27.4. The van der Waals surface area contributed by atoms with Gasteiger partial charge < -0.3 is 63.5 Å². The molecule has 10 aromatic rings. The van der Waals surface area contributed by atoms with E-state index in [0.29, 0.717) is 65.5 Å². The molecule has 6 N–H and O–H groups in total. The van der Waals surface area contributed by atoms with Crippen molar-refractivity contribution >= 4 is 43.9 Å². The summed E-state index contributed by atoms with van der Waals surface area (Å²) >= 11 is 0. The second-order valence-electron chi connectivity index (χ2n) is 21.7. The lowest BCUT2D eigenvalue weighted by Gasteiger charge is -2.21. The SMILES string of the molecule is Cc1ccnc2c1ccn2C1CC(Oc2cccc3ccncc23)[C@@H](O)[C@H]1O.Cc1ncnc2c1ccn2C1CC(Oc2ccc(F)cc2CN(C)C)[C@@H](O)[C@H]1O.Cc1ncnc2c1ccn2[C@H]1C[C@@H](Oc2ccccc2C#N)C(O)C1O. The van der Waals surface area contributed by atoms with E-state index in [1.165, 1.54) is 24.8 Å². The molecule has 3 aliphatic rings. The fourth-order valence-electron chi connectivity index (χ4n) is 11.7. The van der Waals surface area contributed by atoms with Gasteiger partial charge in [0.2, 0.25) is 0 Å². The number of rotatable bonds is 11. The zero-order valence-corrected chi connectivity index (χ0v) is 46.2. The van der Waals surface area contributed by atoms with Crippen LogP contribution >= 0.6 is 0 Å². The highest BCUT2D eigenvalue weighted by molar-refractivity contribution is 5.87. The van der Waals surface area contributed by atoms with Crippen LogP contribution in [0.3, 0.4) is 0 Å². The first-order valence-corrected chi connectivity index (χ1v) is 27.4. The van der Waals surface area contributed by atoms with Crippen molar-refractivity contribution in [2.24, 2.45) is 0 Å². The largest absolute Gasteiger partial charge is 0.487 e. The van der Waals surface area contributed by atoms with E-state index in [-0.39, 0.29) is 23.9 Å². The number of pyridine rings is 2. The summed E-state index contributed by atoms with van der Waals surface area (Å²) < 4.78 is 37.5. The lowest BCUT2D eigenvalue weighted by molar-refractivity contribution is -0.0167. The molecule has 428 valence electrons. The smallest absolute Gasteiger partial charge is 0.143 e. The maximum Gasteiger partial charge on any atom is 0.143 e. The number of nitrogens with zero attached hydrogens (tertiary/aromatic N) is 11. The summed E-state index contributed by atoms with van der Waals surface area (Å²) in [6.07, 6.45) is 7.32. The number of ether oxygens (including phenoxy) is 3. The molecule has 3 aromatic carbocycles. The second-order valence-corrected chi connectivity index (χ2v) is 21.7. The van der Waals surface area contributed by atoms with Crippen LogP contribution in [0.5, 0.6) is 17.2 Å². The zero-order chi connectivity index (χ0) is 58.2. The van der Waals surface area contributed by atoms with Gasteiger partial charge in [0, 0.05) is 90.1 Å². The van der Waals surface area contributed by atoms with Gasteiger partial charge in [-0.25, -0.2) is 29.3 Å². The van der Waals surface area contributed by atoms with Crippen LogP contribution < -0.4 is 14.2 Å². The van der Waals surface area contributed by atoms with Gasteiger partial charge in [-0.2, -0.15) is 5.26 Å². The molecule has 83 heavy (non-hydrogen) atoms. The van der Waals surface area contributed by atoms with E-state index in [2.05, 4.69) is 36.0 Å². The van der Waals surface area contributed by atoms with E-state index >= 15 is 0 Å². The van der Waals surface area contributed by atoms with Crippen molar-refractivity contribution in [3.05, 3.63) is 175 Å². The van der Waals surface area contributed by atoms with E-state index in [9.17, 15) is 40.3 Å². The highest BCUT2D eigenvalue weighted by Gasteiger charge is 2.47. The maximum atomic E-state index is 13.7. The fourth-order valence-corrected chi connectivity index (χ4v) is 11.7. The molecule has 21 heteroatoms. The van der Waals surface area contributed by atoms with E-state index < -0.39 is 54.9 Å². The molecule has 3 fully saturated rings. The van der Waals surface area contributed by atoms with Gasteiger partial charge in [0.25, 0.3) is 0 Å². The number of halogens is 1. The monoisotopic (exact) mass is 1130 g/mol. The summed E-state index contributed by atoms with van der Waals surface area (Å²) in [4.78, 5) is 27.6. The first kappa shape index (κ1) is 56.4. The third-order valence-electron chi connectivity index (χ3n) is 16.1. The normalized spacial score (nSPS) is 24.9. The lowest BCUT2D eigenvalue weighted by atomic mass is 10.1. The summed E-state index contributed by atoms with van der Waals surface area (Å²) in [5.74, 6) is 1.23. The summed E-state index contributed by atoms with van der Waals surface area (Å²) in [6.45, 7) is 6.34. The quantitative estimate of drug-likeness (QED) is 0.0778. The van der Waals surface area contributed by atoms with Crippen LogP contribution in [0, 0.1) is 37.9 Å². The van der Waals surface area contributed by atoms with Crippen molar-refractivity contribution < 1.29 is 49.2 Å². The number of aliphatic hydroxyl groups is 6. The van der Waals surface area contributed by atoms with Crippen LogP contribution in [0.4, 0.5) is 4.39 Å². The minimum atomic E-state index is -1.07. The van der Waals surface area contributed by atoms with Gasteiger partial charge in [0.1, 0.15) is 114 Å². The van der Waals surface area contributed by atoms with Gasteiger partial charge in [-0.1, -0.05) is 24.3 Å². The van der Waals surface area contributed by atoms with Crippen LogP contribution in [0.15, 0.2) is 141 Å². The third-order valence-corrected chi connectivity index (χ3v) is 16.1. The van der Waals surface area contributed by atoms with E-state index in [0.717, 1.165) is 49.5 Å². The molecule has 20 nitrogen and oxygen atoms in total. The van der Waals surface area contributed by atoms with Crippen LogP contribution in [0.1, 0.15) is 65.5 Å². The van der Waals surface area contributed by atoms with Crippen molar-refractivity contribution in [2.45, 2.75) is 120 Å². The molecule has 0 saturated heterocycles. The molecule has 0 aliphatic heterocycles. The number of fused-ring (bicyclic) bond motifs is 4. The molecule has 6 unspecified atom stereocenters. The Morgan fingerprint density at radius 2 is 1.07 bits per heavy atom. The Labute approximate surface area is 476 Å². The molecule has 7 heterocycles. The Kier molecular flexibility index (Phi) is 16.2. The molecule has 3 saturated carbocycles. The molecule has 0 bridgehead atoms. The fraction of sp³-hybridized carbons (Fsp3) is 0.339. The molecular weight excluding hydrogens is 1060 g/mol. The third kappa shape index (κ3) is 11.2. The Hall–Kier alpha value is -8.46. The molecule has 0 radical (unpaired) electrons. The average molecular weight is 1130 g/mol. The molecule has 0 spiro atoms. The predicted octanol–water partition coefficient (Wildman–Crippen LogP) is 6.79. The average Bonchev–Trinajstić information content (AvgIpc) is 3.96. The van der Waals surface area contributed by atoms with Crippen molar-refractivity contribution in [1.82, 2.24) is 48.5 Å². The number of hydrogen-bond donors (Lipinski definition) is 6. The van der Waals surface area contributed by atoms with Crippen molar-refractivity contribution in [3.63, 3.8) is 0 Å². The second kappa shape index (κ2) is 23.8. The molecule has 7 aromatic heterocycles. The standard InChI is InChI=1S/C22H21N3O3.C21H25FN4O3.C19H18N4O3/c1-13-5-9-24-22-15(13)7-10-25(22)17-11-19(21(27)20(17)26)28-18-4-2-3-14-6-8-23-12-16(14)18;1-12-15-6-7-26(21(15)24-11-23-12)16-9-18(20(28)19(16)27)29-17-5-4-14(22)8-13(17)10-25(2)3;1-11-13-6-7-23(19(13)22-10-21-11)14-8-16(18(25)17(14)24)26-15-5-3-2-4-12(15)9-20/h2-10,12,17,19-21,26-27H,11H2,1H3;4-8,11,16,18-20,27-28H,9-10H2,1-3H3;2-7,10,14,16-18,24-25H,8H2,1H3/t17?,19?,20-,21+;16?,18?,19-,20+;14-,16+,17?,18?/m000/s1. The van der Waals surface area contributed by atoms with Crippen molar-refractivity contribution in [2.75, 3.05) is 14.1 Å². The van der Waals surface area contributed by atoms with E-state index in [1.54, 1.807) is 48.9 Å². The molecule has 13 rings (SSSR count). The van der Waals surface area contributed by atoms with Crippen LogP contribution in [0.25, 0.3) is 43.9 Å². The Bertz CT molecular complexity index is 3970. The zero-order valence-electron chi connectivity index (χ0n) is 46.2. The molecule has 0 amide bonds. The van der Waals surface area contributed by atoms with Gasteiger partial charge >= 0.3 is 0 Å². The van der Waals surface area contributed by atoms with Gasteiger partial charge in [0.05, 0.1) is 35.1 Å². The number of aliphatic hydroxyl groups excluding tert-OH is 6. The van der Waals surface area contributed by atoms with Gasteiger partial charge in [-0.15, -0.1) is 0 Å². The number of para-hydroxylation sites is 1. The topological polar surface area (TPSA) is 268 Å². The number of aromatic nitrogens is 9. The summed E-state index contributed by atoms with van der Waals surface area (Å²) in [6, 6.07) is 27.7. The number of benzene rings is 3. The minimum absolute atomic E-state index is 0.306. The Morgan fingerprint density at radius 3 is 1.64 bits per heavy atom. The Balaban J connectivity index is 0.000000130. The van der Waals surface area contributed by atoms with Gasteiger partial charge in [0.15, 0.2) is 0 Å². The number of aryl methyl sites for hydroxylation is 3.